The Morgan fingerprint density at radius 3 is 2.79 bits per heavy atom. The zero-order valence-corrected chi connectivity index (χ0v) is 10.6. The van der Waals surface area contributed by atoms with Crippen molar-refractivity contribution in [2.45, 2.75) is 13.3 Å². The van der Waals surface area contributed by atoms with E-state index in [0.717, 1.165) is 13.0 Å². The third-order valence-corrected chi connectivity index (χ3v) is 2.42. The van der Waals surface area contributed by atoms with Gasteiger partial charge in [0, 0.05) is 25.1 Å². The number of carbonyl (C=O) groups is 1. The van der Waals surface area contributed by atoms with E-state index in [1.807, 2.05) is 0 Å². The van der Waals surface area contributed by atoms with Gasteiger partial charge in [0.2, 0.25) is 5.95 Å². The largest absolute Gasteiger partial charge is 0.383 e. The summed E-state index contributed by atoms with van der Waals surface area (Å²) >= 11 is 0. The maximum atomic E-state index is 12.1. The minimum absolute atomic E-state index is 0.257. The van der Waals surface area contributed by atoms with Crippen LogP contribution in [0.3, 0.4) is 0 Å². The fraction of sp³-hybridized carbons (Fsp3) is 0.231. The van der Waals surface area contributed by atoms with E-state index in [9.17, 15) is 4.79 Å². The molecular formula is C13H15N5O. The molecule has 0 radical (unpaired) electrons. The number of anilines is 2. The number of carbonyl (C=O) groups excluding carboxylic acids is 1. The second-order valence-corrected chi connectivity index (χ2v) is 3.87. The van der Waals surface area contributed by atoms with Crippen LogP contribution >= 0.6 is 0 Å². The van der Waals surface area contributed by atoms with Crippen LogP contribution in [0.1, 0.15) is 23.7 Å². The molecule has 0 spiro atoms. The monoisotopic (exact) mass is 257 g/mol. The predicted octanol–water partition coefficient (Wildman–Crippen LogP) is 1.95. The van der Waals surface area contributed by atoms with Crippen LogP contribution in [0.4, 0.5) is 11.6 Å². The molecule has 19 heavy (non-hydrogen) atoms. The van der Waals surface area contributed by atoms with E-state index in [1.165, 1.54) is 0 Å². The average molecular weight is 257 g/mol. The second-order valence-electron chi connectivity index (χ2n) is 3.87. The highest BCUT2D eigenvalue weighted by Gasteiger charge is 2.12. The topological polar surface area (TPSA) is 79.8 Å². The summed E-state index contributed by atoms with van der Waals surface area (Å²) in [7, 11) is 0. The Bertz CT molecular complexity index is 544. The van der Waals surface area contributed by atoms with Gasteiger partial charge in [-0.05, 0) is 18.6 Å². The summed E-state index contributed by atoms with van der Waals surface area (Å²) in [4.78, 5) is 24.1. The molecule has 0 aromatic carbocycles. The molecule has 6 nitrogen and oxygen atoms in total. The third-order valence-electron chi connectivity index (χ3n) is 2.42. The van der Waals surface area contributed by atoms with Gasteiger partial charge < -0.3 is 5.32 Å². The van der Waals surface area contributed by atoms with Crippen LogP contribution in [0, 0.1) is 0 Å². The molecule has 2 aromatic rings. The zero-order valence-electron chi connectivity index (χ0n) is 10.6. The first kappa shape index (κ1) is 12.9. The first-order valence-electron chi connectivity index (χ1n) is 6.07. The molecule has 0 saturated carbocycles. The summed E-state index contributed by atoms with van der Waals surface area (Å²) in [5, 5.41) is 5.81. The number of hydrogen-bond acceptors (Lipinski definition) is 5. The molecule has 0 aliphatic rings. The number of rotatable bonds is 5. The van der Waals surface area contributed by atoms with Crippen molar-refractivity contribution in [1.29, 1.82) is 0 Å². The van der Waals surface area contributed by atoms with E-state index in [0.29, 0.717) is 11.3 Å². The van der Waals surface area contributed by atoms with E-state index >= 15 is 0 Å². The average Bonchev–Trinajstić information content (AvgIpc) is 2.46. The summed E-state index contributed by atoms with van der Waals surface area (Å²) < 4.78 is 0. The molecule has 2 heterocycles. The molecular weight excluding hydrogens is 242 g/mol. The van der Waals surface area contributed by atoms with Crippen LogP contribution in [0.25, 0.3) is 0 Å². The Balaban J connectivity index is 2.14. The lowest BCUT2D eigenvalue weighted by molar-refractivity contribution is 0.102. The Morgan fingerprint density at radius 2 is 2.05 bits per heavy atom. The number of pyridine rings is 1. The standard InChI is InChI=1S/C13H15N5O/c1-2-5-15-11-9-14-8-4-10(11)12(19)18-13-16-6-3-7-17-13/h3-4,6-9,15H,2,5H2,1H3,(H,16,17,18,19). The van der Waals surface area contributed by atoms with Crippen LogP contribution in [-0.2, 0) is 0 Å². The Kier molecular flexibility index (Phi) is 4.39. The molecule has 0 unspecified atom stereocenters. The summed E-state index contributed by atoms with van der Waals surface area (Å²) in [6, 6.07) is 3.35. The van der Waals surface area contributed by atoms with Crippen LogP contribution < -0.4 is 10.6 Å². The second kappa shape index (κ2) is 6.44. The quantitative estimate of drug-likeness (QED) is 0.855. The SMILES string of the molecule is CCCNc1cnccc1C(=O)Nc1ncccn1. The van der Waals surface area contributed by atoms with Crippen molar-refractivity contribution in [3.05, 3.63) is 42.5 Å². The highest BCUT2D eigenvalue weighted by atomic mass is 16.1. The normalized spacial score (nSPS) is 9.95. The molecule has 1 amide bonds. The molecule has 0 fully saturated rings. The van der Waals surface area contributed by atoms with Crippen LogP contribution in [0.5, 0.6) is 0 Å². The first-order valence-corrected chi connectivity index (χ1v) is 6.07. The van der Waals surface area contributed by atoms with Crippen molar-refractivity contribution < 1.29 is 4.79 Å². The van der Waals surface area contributed by atoms with Gasteiger partial charge >= 0.3 is 0 Å². The lowest BCUT2D eigenvalue weighted by atomic mass is 10.2. The number of nitrogens with zero attached hydrogens (tertiary/aromatic N) is 3. The molecule has 0 aliphatic carbocycles. The van der Waals surface area contributed by atoms with E-state index < -0.39 is 0 Å². The molecule has 2 N–H and O–H groups in total. The van der Waals surface area contributed by atoms with Crippen molar-refractivity contribution in [2.75, 3.05) is 17.2 Å². The van der Waals surface area contributed by atoms with Gasteiger partial charge in [0.1, 0.15) is 0 Å². The van der Waals surface area contributed by atoms with Gasteiger partial charge in [-0.3, -0.25) is 15.1 Å². The smallest absolute Gasteiger partial charge is 0.260 e. The fourth-order valence-corrected chi connectivity index (χ4v) is 1.53. The summed E-state index contributed by atoms with van der Waals surface area (Å²) in [5.74, 6) is 0.0259. The predicted molar refractivity (Wildman–Crippen MR) is 73.0 cm³/mol. The van der Waals surface area contributed by atoms with Gasteiger partial charge in [0.15, 0.2) is 0 Å². The van der Waals surface area contributed by atoms with E-state index in [-0.39, 0.29) is 11.9 Å². The van der Waals surface area contributed by atoms with E-state index in [2.05, 4.69) is 32.5 Å². The van der Waals surface area contributed by atoms with Crippen molar-refractivity contribution in [2.24, 2.45) is 0 Å². The van der Waals surface area contributed by atoms with Gasteiger partial charge in [0.25, 0.3) is 5.91 Å². The molecule has 0 atom stereocenters. The number of hydrogen-bond donors (Lipinski definition) is 2. The third kappa shape index (κ3) is 3.48. The van der Waals surface area contributed by atoms with Crippen molar-refractivity contribution >= 4 is 17.5 Å². The highest BCUT2D eigenvalue weighted by molar-refractivity contribution is 6.07. The van der Waals surface area contributed by atoms with Crippen molar-refractivity contribution in [3.8, 4) is 0 Å². The number of amides is 1. The maximum absolute atomic E-state index is 12.1. The molecule has 2 rings (SSSR count). The van der Waals surface area contributed by atoms with Gasteiger partial charge in [0.05, 0.1) is 17.4 Å². The van der Waals surface area contributed by atoms with E-state index in [1.54, 1.807) is 36.9 Å². The minimum atomic E-state index is -0.257. The lowest BCUT2D eigenvalue weighted by Gasteiger charge is -2.10. The molecule has 2 aromatic heterocycles. The van der Waals surface area contributed by atoms with Gasteiger partial charge in [-0.1, -0.05) is 6.92 Å². The molecule has 0 saturated heterocycles. The lowest BCUT2D eigenvalue weighted by Crippen LogP contribution is -2.16. The molecule has 6 heteroatoms. The van der Waals surface area contributed by atoms with Crippen LogP contribution in [0.15, 0.2) is 36.9 Å². The molecule has 98 valence electrons. The minimum Gasteiger partial charge on any atom is -0.383 e. The molecule has 0 bridgehead atoms. The Labute approximate surface area is 111 Å². The number of nitrogens with one attached hydrogen (secondary N) is 2. The van der Waals surface area contributed by atoms with Gasteiger partial charge in [-0.2, -0.15) is 0 Å². The van der Waals surface area contributed by atoms with E-state index in [4.69, 9.17) is 0 Å². The number of aromatic nitrogens is 3. The zero-order chi connectivity index (χ0) is 13.5. The Morgan fingerprint density at radius 1 is 1.26 bits per heavy atom. The van der Waals surface area contributed by atoms with Crippen LogP contribution in [0.2, 0.25) is 0 Å². The Hall–Kier alpha value is -2.50. The highest BCUT2D eigenvalue weighted by Crippen LogP contribution is 2.14. The van der Waals surface area contributed by atoms with Crippen molar-refractivity contribution in [3.63, 3.8) is 0 Å². The van der Waals surface area contributed by atoms with Gasteiger partial charge in [-0.15, -0.1) is 0 Å². The first-order chi connectivity index (χ1) is 9.31. The fourth-order valence-electron chi connectivity index (χ4n) is 1.53. The van der Waals surface area contributed by atoms with Gasteiger partial charge in [-0.25, -0.2) is 9.97 Å². The summed E-state index contributed by atoms with van der Waals surface area (Å²) in [6.07, 6.45) is 7.34. The van der Waals surface area contributed by atoms with Crippen molar-refractivity contribution in [1.82, 2.24) is 15.0 Å². The summed E-state index contributed by atoms with van der Waals surface area (Å²) in [6.45, 7) is 2.84. The van der Waals surface area contributed by atoms with Crippen LogP contribution in [-0.4, -0.2) is 27.4 Å². The molecule has 0 aliphatic heterocycles. The maximum Gasteiger partial charge on any atom is 0.260 e. The summed E-state index contributed by atoms with van der Waals surface area (Å²) in [5.41, 5.74) is 1.23.